The van der Waals surface area contributed by atoms with Crippen molar-refractivity contribution in [1.82, 2.24) is 0 Å². The van der Waals surface area contributed by atoms with E-state index in [-0.39, 0.29) is 6.42 Å². The van der Waals surface area contributed by atoms with Gasteiger partial charge in [0.1, 0.15) is 0 Å². The molecule has 15 heavy (non-hydrogen) atoms. The van der Waals surface area contributed by atoms with Gasteiger partial charge < -0.3 is 14.8 Å². The van der Waals surface area contributed by atoms with E-state index in [0.29, 0.717) is 13.0 Å². The summed E-state index contributed by atoms with van der Waals surface area (Å²) in [6.45, 7) is 0.367. The molecule has 4 nitrogen and oxygen atoms in total. The van der Waals surface area contributed by atoms with E-state index in [4.69, 9.17) is 9.76 Å². The Hall–Kier alpha value is -1.33. The molecule has 1 aromatic rings. The Kier molecular flexibility index (Phi) is 2.75. The van der Waals surface area contributed by atoms with Crippen LogP contribution in [0.3, 0.4) is 0 Å². The molecule has 5 heteroatoms. The summed E-state index contributed by atoms with van der Waals surface area (Å²) in [6.07, 6.45) is 0.584. The van der Waals surface area contributed by atoms with Crippen LogP contribution in [-0.4, -0.2) is 23.2 Å². The molecule has 0 saturated heterocycles. The van der Waals surface area contributed by atoms with Gasteiger partial charge in [0, 0.05) is 6.42 Å². The number of aryl methyl sites for hydroxylation is 1. The number of hydrogen-bond acceptors (Lipinski definition) is 3. The fraction of sp³-hybridized carbons (Fsp3) is 0.300. The third-order valence-corrected chi connectivity index (χ3v) is 2.57. The Labute approximate surface area is 87.6 Å². The largest absolute Gasteiger partial charge is 0.491 e. The molecule has 1 heterocycles. The molecule has 2 rings (SSSR count). The molecule has 0 radical (unpaired) electrons. The van der Waals surface area contributed by atoms with Gasteiger partial charge in [0.05, 0.1) is 6.61 Å². The lowest BCUT2D eigenvalue weighted by atomic mass is 9.78. The fourth-order valence-electron chi connectivity index (χ4n) is 1.79. The highest BCUT2D eigenvalue weighted by Gasteiger charge is 2.28. The van der Waals surface area contributed by atoms with E-state index in [1.807, 2.05) is 12.1 Å². The van der Waals surface area contributed by atoms with E-state index in [1.165, 1.54) is 0 Å². The lowest BCUT2D eigenvalue weighted by Crippen LogP contribution is -2.28. The maximum absolute atomic E-state index is 10.5. The van der Waals surface area contributed by atoms with E-state index in [0.717, 1.165) is 16.6 Å². The van der Waals surface area contributed by atoms with Crippen LogP contribution < -0.4 is 5.46 Å². The summed E-state index contributed by atoms with van der Waals surface area (Å²) in [5.41, 5.74) is 2.65. The minimum Gasteiger partial charge on any atom is -0.481 e. The van der Waals surface area contributed by atoms with Gasteiger partial charge in [0.15, 0.2) is 0 Å². The van der Waals surface area contributed by atoms with Gasteiger partial charge in [-0.1, -0.05) is 18.2 Å². The van der Waals surface area contributed by atoms with Gasteiger partial charge in [0.25, 0.3) is 0 Å². The highest BCUT2D eigenvalue weighted by Crippen LogP contribution is 2.16. The molecule has 0 spiro atoms. The Bertz CT molecular complexity index is 391. The maximum Gasteiger partial charge on any atom is 0.491 e. The van der Waals surface area contributed by atoms with Crippen molar-refractivity contribution in [2.75, 3.05) is 0 Å². The monoisotopic (exact) mass is 206 g/mol. The highest BCUT2D eigenvalue weighted by atomic mass is 16.5. The van der Waals surface area contributed by atoms with Gasteiger partial charge in [-0.3, -0.25) is 4.79 Å². The van der Waals surface area contributed by atoms with Crippen LogP contribution in [0.15, 0.2) is 18.2 Å². The molecule has 0 atom stereocenters. The average molecular weight is 206 g/mol. The summed E-state index contributed by atoms with van der Waals surface area (Å²) in [5, 5.41) is 18.0. The second kappa shape index (κ2) is 4.04. The lowest BCUT2D eigenvalue weighted by Gasteiger charge is -2.05. The number of aliphatic carboxylic acids is 1. The first kappa shape index (κ1) is 10.2. The lowest BCUT2D eigenvalue weighted by molar-refractivity contribution is -0.136. The first-order valence-electron chi connectivity index (χ1n) is 4.80. The zero-order valence-corrected chi connectivity index (χ0v) is 8.14. The molecule has 1 aliphatic rings. The van der Waals surface area contributed by atoms with Crippen LogP contribution in [-0.2, 0) is 22.5 Å². The summed E-state index contributed by atoms with van der Waals surface area (Å²) in [6, 6.07) is 5.49. The maximum atomic E-state index is 10.5. The van der Waals surface area contributed by atoms with Gasteiger partial charge in [-0.2, -0.15) is 0 Å². The van der Waals surface area contributed by atoms with Crippen molar-refractivity contribution in [2.45, 2.75) is 19.4 Å². The summed E-state index contributed by atoms with van der Waals surface area (Å²) < 4.78 is 5.08. The molecule has 0 fully saturated rings. The molecule has 1 aliphatic heterocycles. The first-order valence-corrected chi connectivity index (χ1v) is 4.80. The molecule has 1 aromatic carbocycles. The summed E-state index contributed by atoms with van der Waals surface area (Å²) in [5.74, 6) is -0.813. The zero-order chi connectivity index (χ0) is 10.8. The summed E-state index contributed by atoms with van der Waals surface area (Å²) >= 11 is 0. The summed E-state index contributed by atoms with van der Waals surface area (Å²) in [7, 11) is -0.857. The highest BCUT2D eigenvalue weighted by molar-refractivity contribution is 6.61. The zero-order valence-electron chi connectivity index (χ0n) is 8.14. The Morgan fingerprint density at radius 1 is 1.53 bits per heavy atom. The van der Waals surface area contributed by atoms with E-state index in [9.17, 15) is 9.82 Å². The minimum absolute atomic E-state index is 0.104. The molecule has 78 valence electrons. The second-order valence-electron chi connectivity index (χ2n) is 3.54. The van der Waals surface area contributed by atoms with Gasteiger partial charge in [-0.05, 0) is 23.0 Å². The molecular formula is C10H11BO4. The Morgan fingerprint density at radius 3 is 3.07 bits per heavy atom. The fourth-order valence-corrected chi connectivity index (χ4v) is 1.79. The quantitative estimate of drug-likeness (QED) is 0.679. The van der Waals surface area contributed by atoms with Crippen molar-refractivity contribution < 1.29 is 19.6 Å². The standard InChI is InChI=1S/C10H11BO4/c12-10(13)5-4-7-2-1-3-9-8(7)6-15-11(9)14/h1-3,14H,4-6H2,(H,12,13). The van der Waals surface area contributed by atoms with Crippen molar-refractivity contribution in [1.29, 1.82) is 0 Å². The Balaban J connectivity index is 2.22. The normalized spacial score (nSPS) is 14.1. The van der Waals surface area contributed by atoms with Crippen LogP contribution in [0.2, 0.25) is 0 Å². The third-order valence-electron chi connectivity index (χ3n) is 2.57. The SMILES string of the molecule is O=C(O)CCc1cccc2c1COB2O. The van der Waals surface area contributed by atoms with Crippen LogP contribution in [0, 0.1) is 0 Å². The van der Waals surface area contributed by atoms with E-state index in [2.05, 4.69) is 0 Å². The second-order valence-corrected chi connectivity index (χ2v) is 3.54. The minimum atomic E-state index is -0.857. The molecular weight excluding hydrogens is 195 g/mol. The number of carboxylic acid groups (broad SMARTS) is 1. The average Bonchev–Trinajstić information content (AvgIpc) is 2.58. The molecule has 0 bridgehead atoms. The first-order chi connectivity index (χ1) is 7.18. The summed E-state index contributed by atoms with van der Waals surface area (Å²) in [4.78, 5) is 10.5. The molecule has 2 N–H and O–H groups in total. The smallest absolute Gasteiger partial charge is 0.481 e. The van der Waals surface area contributed by atoms with Crippen LogP contribution >= 0.6 is 0 Å². The van der Waals surface area contributed by atoms with Gasteiger partial charge in [-0.25, -0.2) is 0 Å². The van der Waals surface area contributed by atoms with Crippen LogP contribution in [0.1, 0.15) is 17.5 Å². The molecule has 0 aromatic heterocycles. The number of rotatable bonds is 3. The van der Waals surface area contributed by atoms with Crippen molar-refractivity contribution in [3.63, 3.8) is 0 Å². The number of carboxylic acids is 1. The van der Waals surface area contributed by atoms with Crippen LogP contribution in [0.5, 0.6) is 0 Å². The van der Waals surface area contributed by atoms with Crippen molar-refractivity contribution >= 4 is 18.6 Å². The van der Waals surface area contributed by atoms with E-state index >= 15 is 0 Å². The number of fused-ring (bicyclic) bond motifs is 1. The van der Waals surface area contributed by atoms with E-state index < -0.39 is 13.1 Å². The number of benzene rings is 1. The molecule has 0 saturated carbocycles. The van der Waals surface area contributed by atoms with Crippen LogP contribution in [0.25, 0.3) is 0 Å². The third kappa shape index (κ3) is 2.03. The van der Waals surface area contributed by atoms with Crippen molar-refractivity contribution in [3.8, 4) is 0 Å². The van der Waals surface area contributed by atoms with Crippen LogP contribution in [0.4, 0.5) is 0 Å². The number of hydrogen-bond donors (Lipinski definition) is 2. The van der Waals surface area contributed by atoms with Gasteiger partial charge in [0.2, 0.25) is 0 Å². The predicted molar refractivity (Wildman–Crippen MR) is 54.8 cm³/mol. The van der Waals surface area contributed by atoms with Gasteiger partial charge >= 0.3 is 13.1 Å². The van der Waals surface area contributed by atoms with E-state index in [1.54, 1.807) is 6.07 Å². The molecule has 0 unspecified atom stereocenters. The predicted octanol–water partition coefficient (Wildman–Crippen LogP) is -0.0785. The topological polar surface area (TPSA) is 66.8 Å². The van der Waals surface area contributed by atoms with Gasteiger partial charge in [-0.15, -0.1) is 0 Å². The molecule has 0 aliphatic carbocycles. The Morgan fingerprint density at radius 2 is 2.33 bits per heavy atom. The number of carbonyl (C=O) groups is 1. The van der Waals surface area contributed by atoms with Crippen molar-refractivity contribution in [2.24, 2.45) is 0 Å². The molecule has 0 amide bonds. The van der Waals surface area contributed by atoms with Crippen molar-refractivity contribution in [3.05, 3.63) is 29.3 Å².